The van der Waals surface area contributed by atoms with E-state index in [4.69, 9.17) is 4.74 Å². The highest BCUT2D eigenvalue weighted by Gasteiger charge is 2.21. The molecular formula is C16H25ClN2O2. The summed E-state index contributed by atoms with van der Waals surface area (Å²) in [7, 11) is 1.63. The minimum Gasteiger partial charge on any atom is -0.496 e. The number of amides is 1. The van der Waals surface area contributed by atoms with E-state index in [1.54, 1.807) is 7.11 Å². The zero-order valence-corrected chi connectivity index (χ0v) is 13.5. The highest BCUT2D eigenvalue weighted by atomic mass is 35.5. The quantitative estimate of drug-likeness (QED) is 0.876. The van der Waals surface area contributed by atoms with Gasteiger partial charge in [0.2, 0.25) is 5.91 Å². The van der Waals surface area contributed by atoms with E-state index in [1.807, 2.05) is 24.3 Å². The Morgan fingerprint density at radius 2 is 2.24 bits per heavy atom. The SMILES string of the molecule is COc1ccccc1CC(=O)NC(C)C1CCCNC1.Cl. The van der Waals surface area contributed by atoms with Crippen molar-refractivity contribution in [3.8, 4) is 5.75 Å². The highest BCUT2D eigenvalue weighted by Crippen LogP contribution is 2.18. The van der Waals surface area contributed by atoms with Gasteiger partial charge in [0, 0.05) is 11.6 Å². The van der Waals surface area contributed by atoms with E-state index in [1.165, 1.54) is 12.8 Å². The zero-order chi connectivity index (χ0) is 14.4. The van der Waals surface area contributed by atoms with Crippen LogP contribution in [0.5, 0.6) is 5.75 Å². The Labute approximate surface area is 133 Å². The predicted molar refractivity (Wildman–Crippen MR) is 87.1 cm³/mol. The first-order valence-electron chi connectivity index (χ1n) is 7.32. The zero-order valence-electron chi connectivity index (χ0n) is 12.7. The highest BCUT2D eigenvalue weighted by molar-refractivity contribution is 5.85. The fourth-order valence-electron chi connectivity index (χ4n) is 2.75. The molecule has 2 unspecified atom stereocenters. The van der Waals surface area contributed by atoms with Gasteiger partial charge in [-0.05, 0) is 44.8 Å². The summed E-state index contributed by atoms with van der Waals surface area (Å²) in [6.07, 6.45) is 2.75. The molecule has 118 valence electrons. The van der Waals surface area contributed by atoms with E-state index >= 15 is 0 Å². The van der Waals surface area contributed by atoms with E-state index in [0.717, 1.165) is 24.4 Å². The number of piperidine rings is 1. The number of benzene rings is 1. The number of nitrogens with one attached hydrogen (secondary N) is 2. The van der Waals surface area contributed by atoms with E-state index in [2.05, 4.69) is 17.6 Å². The molecule has 0 spiro atoms. The molecule has 2 N–H and O–H groups in total. The first-order valence-corrected chi connectivity index (χ1v) is 7.32. The Bertz CT molecular complexity index is 448. The second-order valence-corrected chi connectivity index (χ2v) is 5.45. The van der Waals surface area contributed by atoms with Gasteiger partial charge in [-0.2, -0.15) is 0 Å². The lowest BCUT2D eigenvalue weighted by Gasteiger charge is -2.29. The molecule has 4 nitrogen and oxygen atoms in total. The maximum absolute atomic E-state index is 12.1. The topological polar surface area (TPSA) is 50.4 Å². The van der Waals surface area contributed by atoms with Gasteiger partial charge in [-0.15, -0.1) is 12.4 Å². The third kappa shape index (κ3) is 5.21. The van der Waals surface area contributed by atoms with Crippen LogP contribution < -0.4 is 15.4 Å². The third-order valence-corrected chi connectivity index (χ3v) is 3.97. The van der Waals surface area contributed by atoms with Crippen LogP contribution in [0.15, 0.2) is 24.3 Å². The van der Waals surface area contributed by atoms with Gasteiger partial charge in [-0.3, -0.25) is 4.79 Å². The molecule has 2 rings (SSSR count). The fourth-order valence-corrected chi connectivity index (χ4v) is 2.75. The maximum atomic E-state index is 12.1. The van der Waals surface area contributed by atoms with Crippen LogP contribution in [-0.4, -0.2) is 32.1 Å². The number of para-hydroxylation sites is 1. The minimum absolute atomic E-state index is 0. The number of rotatable bonds is 5. The summed E-state index contributed by atoms with van der Waals surface area (Å²) in [4.78, 5) is 12.1. The molecule has 0 bridgehead atoms. The first-order chi connectivity index (χ1) is 9.70. The number of carbonyl (C=O) groups excluding carboxylic acids is 1. The van der Waals surface area contributed by atoms with Crippen LogP contribution >= 0.6 is 12.4 Å². The maximum Gasteiger partial charge on any atom is 0.224 e. The van der Waals surface area contributed by atoms with Crippen molar-refractivity contribution in [3.05, 3.63) is 29.8 Å². The first kappa shape index (κ1) is 17.8. The molecule has 21 heavy (non-hydrogen) atoms. The van der Waals surface area contributed by atoms with Crippen molar-refractivity contribution in [3.63, 3.8) is 0 Å². The molecule has 0 aromatic heterocycles. The van der Waals surface area contributed by atoms with Gasteiger partial charge in [0.25, 0.3) is 0 Å². The van der Waals surface area contributed by atoms with Crippen molar-refractivity contribution in [2.24, 2.45) is 5.92 Å². The van der Waals surface area contributed by atoms with Gasteiger partial charge in [0.05, 0.1) is 13.5 Å². The monoisotopic (exact) mass is 312 g/mol. The van der Waals surface area contributed by atoms with E-state index in [-0.39, 0.29) is 24.4 Å². The molecule has 1 aliphatic rings. The Morgan fingerprint density at radius 1 is 1.48 bits per heavy atom. The Balaban J connectivity index is 0.00000220. The van der Waals surface area contributed by atoms with Crippen LogP contribution in [-0.2, 0) is 11.2 Å². The molecule has 1 fully saturated rings. The van der Waals surface area contributed by atoms with Crippen molar-refractivity contribution in [2.45, 2.75) is 32.2 Å². The second-order valence-electron chi connectivity index (χ2n) is 5.45. The van der Waals surface area contributed by atoms with Crippen LogP contribution in [0.2, 0.25) is 0 Å². The van der Waals surface area contributed by atoms with Crippen LogP contribution in [0.3, 0.4) is 0 Å². The molecule has 1 saturated heterocycles. The number of methoxy groups -OCH3 is 1. The molecule has 5 heteroatoms. The van der Waals surface area contributed by atoms with Crippen molar-refractivity contribution < 1.29 is 9.53 Å². The smallest absolute Gasteiger partial charge is 0.224 e. The summed E-state index contributed by atoms with van der Waals surface area (Å²) in [6, 6.07) is 7.88. The lowest BCUT2D eigenvalue weighted by Crippen LogP contribution is -2.45. The standard InChI is InChI=1S/C16H24N2O2.ClH/c1-12(14-7-5-9-17-11-14)18-16(19)10-13-6-3-4-8-15(13)20-2;/h3-4,6,8,12,14,17H,5,7,9-11H2,1-2H3,(H,18,19);1H. The average molecular weight is 313 g/mol. The molecule has 1 aromatic carbocycles. The predicted octanol–water partition coefficient (Wildman–Crippen LogP) is 2.16. The van der Waals surface area contributed by atoms with E-state index in [0.29, 0.717) is 12.3 Å². The average Bonchev–Trinajstić information content (AvgIpc) is 2.48. The van der Waals surface area contributed by atoms with Crippen molar-refractivity contribution in [1.29, 1.82) is 0 Å². The molecule has 2 atom stereocenters. The van der Waals surface area contributed by atoms with Crippen molar-refractivity contribution in [2.75, 3.05) is 20.2 Å². The van der Waals surface area contributed by atoms with Gasteiger partial charge in [-0.1, -0.05) is 18.2 Å². The molecule has 0 aliphatic carbocycles. The summed E-state index contributed by atoms with van der Waals surface area (Å²) >= 11 is 0. The third-order valence-electron chi connectivity index (χ3n) is 3.97. The summed E-state index contributed by atoms with van der Waals surface area (Å²) in [5, 5.41) is 6.50. The van der Waals surface area contributed by atoms with Gasteiger partial charge < -0.3 is 15.4 Å². The summed E-state index contributed by atoms with van der Waals surface area (Å²) in [5.74, 6) is 1.37. The molecule has 1 aromatic rings. The van der Waals surface area contributed by atoms with Crippen LogP contribution in [0.1, 0.15) is 25.3 Å². The lowest BCUT2D eigenvalue weighted by atomic mass is 9.92. The Morgan fingerprint density at radius 3 is 2.90 bits per heavy atom. The number of halogens is 1. The van der Waals surface area contributed by atoms with Crippen molar-refractivity contribution >= 4 is 18.3 Å². The lowest BCUT2D eigenvalue weighted by molar-refractivity contribution is -0.121. The number of hydrogen-bond acceptors (Lipinski definition) is 3. The minimum atomic E-state index is 0. The van der Waals surface area contributed by atoms with Gasteiger partial charge in [-0.25, -0.2) is 0 Å². The second kappa shape index (κ2) is 8.90. The Hall–Kier alpha value is -1.26. The van der Waals surface area contributed by atoms with Gasteiger partial charge >= 0.3 is 0 Å². The van der Waals surface area contributed by atoms with Crippen LogP contribution in [0.4, 0.5) is 0 Å². The van der Waals surface area contributed by atoms with E-state index < -0.39 is 0 Å². The van der Waals surface area contributed by atoms with Gasteiger partial charge in [0.1, 0.15) is 5.75 Å². The molecular weight excluding hydrogens is 288 g/mol. The number of ether oxygens (including phenoxy) is 1. The largest absolute Gasteiger partial charge is 0.496 e. The Kier molecular flexibility index (Phi) is 7.54. The molecule has 1 heterocycles. The van der Waals surface area contributed by atoms with Crippen molar-refractivity contribution in [1.82, 2.24) is 10.6 Å². The summed E-state index contributed by atoms with van der Waals surface area (Å²) in [5.41, 5.74) is 0.932. The van der Waals surface area contributed by atoms with E-state index in [9.17, 15) is 4.79 Å². The molecule has 0 radical (unpaired) electrons. The summed E-state index contributed by atoms with van der Waals surface area (Å²) < 4.78 is 5.28. The molecule has 1 aliphatic heterocycles. The number of carbonyl (C=O) groups is 1. The summed E-state index contributed by atoms with van der Waals surface area (Å²) in [6.45, 7) is 4.19. The fraction of sp³-hybridized carbons (Fsp3) is 0.562. The molecule has 1 amide bonds. The van der Waals surface area contributed by atoms with Gasteiger partial charge in [0.15, 0.2) is 0 Å². The molecule has 0 saturated carbocycles. The normalized spacial score (nSPS) is 19.2. The number of hydrogen-bond donors (Lipinski definition) is 2. The van der Waals surface area contributed by atoms with Crippen LogP contribution in [0, 0.1) is 5.92 Å². The van der Waals surface area contributed by atoms with Crippen LogP contribution in [0.25, 0.3) is 0 Å².